The standard InChI is InChI=1S/C30H38F2N4O5/c1-19-17-36(28(39)41-29(2,3)4)18-21(30(19,31)32)12-9-13-40-24-15-22(33-16-20-10-7-6-8-11-20)14-23-25(24)35(5)27(38)26(37)34-23/h6-8,10-11,14-15,19,21,33H,9,12-13,16-18H2,1-5H3,(H,34,37)/t19-,21+/m0/s1. The highest BCUT2D eigenvalue weighted by Gasteiger charge is 2.50. The smallest absolute Gasteiger partial charge is 0.410 e. The van der Waals surface area contributed by atoms with E-state index in [1.807, 2.05) is 30.3 Å². The van der Waals surface area contributed by atoms with Gasteiger partial charge >= 0.3 is 17.2 Å². The maximum Gasteiger partial charge on any atom is 0.410 e. The van der Waals surface area contributed by atoms with Crippen molar-refractivity contribution in [2.75, 3.05) is 25.0 Å². The fraction of sp³-hybridized carbons (Fsp3) is 0.500. The third kappa shape index (κ3) is 7.07. The van der Waals surface area contributed by atoms with Crippen LogP contribution in [0.2, 0.25) is 0 Å². The summed E-state index contributed by atoms with van der Waals surface area (Å²) in [5.41, 5.74) is 0.304. The third-order valence-corrected chi connectivity index (χ3v) is 7.24. The van der Waals surface area contributed by atoms with Gasteiger partial charge in [0.2, 0.25) is 0 Å². The molecule has 4 rings (SSSR count). The van der Waals surface area contributed by atoms with Gasteiger partial charge in [-0.25, -0.2) is 13.6 Å². The van der Waals surface area contributed by atoms with Gasteiger partial charge in [-0.05, 0) is 45.2 Å². The maximum absolute atomic E-state index is 15.1. The van der Waals surface area contributed by atoms with Crippen molar-refractivity contribution < 1.29 is 23.0 Å². The lowest BCUT2D eigenvalue weighted by Crippen LogP contribution is -2.55. The SMILES string of the molecule is C[C@H]1CN(C(=O)OC(C)(C)C)C[C@@H](CCCOc2cc(NCc3ccccc3)cc3[nH]c(=O)c(=O)n(C)c23)C1(F)F. The average molecular weight is 573 g/mol. The van der Waals surface area contributed by atoms with Crippen molar-refractivity contribution in [2.24, 2.45) is 18.9 Å². The monoisotopic (exact) mass is 572 g/mol. The van der Waals surface area contributed by atoms with E-state index in [1.165, 1.54) is 23.4 Å². The number of piperidine rings is 1. The summed E-state index contributed by atoms with van der Waals surface area (Å²) < 4.78 is 42.9. The largest absolute Gasteiger partial charge is 0.491 e. The lowest BCUT2D eigenvalue weighted by Gasteiger charge is -2.42. The number of aromatic nitrogens is 2. The second-order valence-electron chi connectivity index (χ2n) is 11.7. The number of likely N-dealkylation sites (tertiary alicyclic amines) is 1. The number of fused-ring (bicyclic) bond motifs is 1. The highest BCUT2D eigenvalue weighted by molar-refractivity contribution is 5.85. The first kappa shape index (κ1) is 30.1. The summed E-state index contributed by atoms with van der Waals surface area (Å²) in [6.07, 6.45) is -0.186. The molecule has 1 aromatic heterocycles. The molecule has 1 aliphatic rings. The number of rotatable bonds is 8. The molecule has 2 N–H and O–H groups in total. The van der Waals surface area contributed by atoms with Crippen LogP contribution >= 0.6 is 0 Å². The Kier molecular flexibility index (Phi) is 8.74. The number of hydrogen-bond donors (Lipinski definition) is 2. The van der Waals surface area contributed by atoms with E-state index in [0.717, 1.165) is 5.56 Å². The molecule has 9 nitrogen and oxygen atoms in total. The summed E-state index contributed by atoms with van der Waals surface area (Å²) in [4.78, 5) is 41.1. The van der Waals surface area contributed by atoms with Crippen LogP contribution in [0.3, 0.4) is 0 Å². The number of nitrogens with one attached hydrogen (secondary N) is 2. The van der Waals surface area contributed by atoms with Gasteiger partial charge in [0.25, 0.3) is 5.92 Å². The lowest BCUT2D eigenvalue weighted by molar-refractivity contribution is -0.145. The Hall–Kier alpha value is -3.89. The van der Waals surface area contributed by atoms with Gasteiger partial charge in [-0.15, -0.1) is 0 Å². The second kappa shape index (κ2) is 11.9. The summed E-state index contributed by atoms with van der Waals surface area (Å²) >= 11 is 0. The van der Waals surface area contributed by atoms with Crippen molar-refractivity contribution in [2.45, 2.75) is 58.6 Å². The number of amides is 1. The summed E-state index contributed by atoms with van der Waals surface area (Å²) in [6.45, 7) is 7.10. The van der Waals surface area contributed by atoms with E-state index in [9.17, 15) is 14.4 Å². The van der Waals surface area contributed by atoms with E-state index in [0.29, 0.717) is 29.0 Å². The number of carbonyl (C=O) groups is 1. The van der Waals surface area contributed by atoms with Crippen molar-refractivity contribution in [1.29, 1.82) is 0 Å². The number of halogens is 2. The van der Waals surface area contributed by atoms with Gasteiger partial charge in [0.1, 0.15) is 16.9 Å². The number of carbonyl (C=O) groups excluding carboxylic acids is 1. The zero-order valence-corrected chi connectivity index (χ0v) is 24.1. The third-order valence-electron chi connectivity index (χ3n) is 7.24. The van der Waals surface area contributed by atoms with Crippen LogP contribution < -0.4 is 21.2 Å². The number of benzene rings is 2. The number of anilines is 1. The number of alkyl halides is 2. The fourth-order valence-corrected chi connectivity index (χ4v) is 5.08. The Morgan fingerprint density at radius 1 is 1.15 bits per heavy atom. The normalized spacial score (nSPS) is 18.8. The molecule has 0 spiro atoms. The Balaban J connectivity index is 1.49. The number of aromatic amines is 1. The summed E-state index contributed by atoms with van der Waals surface area (Å²) in [5, 5.41) is 3.30. The van der Waals surface area contributed by atoms with Gasteiger partial charge in [-0.2, -0.15) is 0 Å². The Labute approximate surface area is 237 Å². The summed E-state index contributed by atoms with van der Waals surface area (Å²) in [7, 11) is 1.49. The molecule has 222 valence electrons. The molecule has 0 bridgehead atoms. The van der Waals surface area contributed by atoms with Crippen molar-refractivity contribution in [3.05, 3.63) is 68.7 Å². The molecule has 2 heterocycles. The minimum atomic E-state index is -2.95. The molecule has 1 aliphatic heterocycles. The predicted octanol–water partition coefficient (Wildman–Crippen LogP) is 5.14. The Morgan fingerprint density at radius 3 is 2.54 bits per heavy atom. The first-order valence-corrected chi connectivity index (χ1v) is 13.8. The molecular formula is C30H38F2N4O5. The van der Waals surface area contributed by atoms with E-state index in [-0.39, 0.29) is 32.5 Å². The molecule has 0 unspecified atom stereocenters. The van der Waals surface area contributed by atoms with E-state index in [1.54, 1.807) is 32.9 Å². The molecule has 3 aromatic rings. The second-order valence-corrected chi connectivity index (χ2v) is 11.7. The summed E-state index contributed by atoms with van der Waals surface area (Å²) in [5.74, 6) is -4.68. The number of aryl methyl sites for hydroxylation is 1. The quantitative estimate of drug-likeness (QED) is 0.286. The van der Waals surface area contributed by atoms with Gasteiger partial charge in [0.05, 0.1) is 12.1 Å². The maximum atomic E-state index is 15.1. The number of nitrogens with zero attached hydrogens (tertiary/aromatic N) is 2. The molecule has 1 saturated heterocycles. The van der Waals surface area contributed by atoms with Crippen LogP contribution in [0.5, 0.6) is 5.75 Å². The zero-order chi connectivity index (χ0) is 29.9. The van der Waals surface area contributed by atoms with Crippen molar-refractivity contribution in [3.8, 4) is 5.75 Å². The van der Waals surface area contributed by atoms with Gasteiger partial charge in [0, 0.05) is 50.3 Å². The molecule has 11 heteroatoms. The minimum absolute atomic E-state index is 0.0735. The zero-order valence-electron chi connectivity index (χ0n) is 24.1. The highest BCUT2D eigenvalue weighted by Crippen LogP contribution is 2.40. The molecule has 1 fully saturated rings. The van der Waals surface area contributed by atoms with E-state index in [2.05, 4.69) is 10.3 Å². The van der Waals surface area contributed by atoms with Gasteiger partial charge in [0.15, 0.2) is 0 Å². The van der Waals surface area contributed by atoms with E-state index >= 15 is 8.78 Å². The number of hydrogen-bond acceptors (Lipinski definition) is 6. The Morgan fingerprint density at radius 2 is 1.85 bits per heavy atom. The van der Waals surface area contributed by atoms with Crippen molar-refractivity contribution in [1.82, 2.24) is 14.5 Å². The number of H-pyrrole nitrogens is 1. The van der Waals surface area contributed by atoms with Crippen LogP contribution in [0, 0.1) is 11.8 Å². The van der Waals surface area contributed by atoms with Crippen LogP contribution in [0.25, 0.3) is 11.0 Å². The predicted molar refractivity (Wildman–Crippen MR) is 154 cm³/mol. The van der Waals surface area contributed by atoms with Crippen LogP contribution in [0.1, 0.15) is 46.1 Å². The van der Waals surface area contributed by atoms with E-state index in [4.69, 9.17) is 9.47 Å². The van der Waals surface area contributed by atoms with Gasteiger partial charge in [-0.1, -0.05) is 37.3 Å². The molecule has 2 atom stereocenters. The molecule has 0 saturated carbocycles. The molecule has 0 aliphatic carbocycles. The summed E-state index contributed by atoms with van der Waals surface area (Å²) in [6, 6.07) is 13.2. The van der Waals surface area contributed by atoms with Crippen LogP contribution in [-0.2, 0) is 18.3 Å². The van der Waals surface area contributed by atoms with Crippen LogP contribution in [0.4, 0.5) is 19.3 Å². The Bertz CT molecular complexity index is 1500. The van der Waals surface area contributed by atoms with Crippen molar-refractivity contribution >= 4 is 22.8 Å². The van der Waals surface area contributed by atoms with Crippen LogP contribution in [0.15, 0.2) is 52.1 Å². The lowest BCUT2D eigenvalue weighted by atomic mass is 9.83. The van der Waals surface area contributed by atoms with E-state index < -0.39 is 40.6 Å². The van der Waals surface area contributed by atoms with Gasteiger partial charge in [-0.3, -0.25) is 9.59 Å². The van der Waals surface area contributed by atoms with Gasteiger partial charge < -0.3 is 29.2 Å². The molecule has 0 radical (unpaired) electrons. The molecule has 2 aromatic carbocycles. The highest BCUT2D eigenvalue weighted by atomic mass is 19.3. The molecular weight excluding hydrogens is 534 g/mol. The average Bonchev–Trinajstić information content (AvgIpc) is 2.90. The first-order chi connectivity index (χ1) is 19.3. The number of ether oxygens (including phenoxy) is 2. The molecule has 1 amide bonds. The van der Waals surface area contributed by atoms with Crippen molar-refractivity contribution in [3.63, 3.8) is 0 Å². The van der Waals surface area contributed by atoms with Crippen LogP contribution in [-0.4, -0.2) is 51.8 Å². The topological polar surface area (TPSA) is 106 Å². The minimum Gasteiger partial charge on any atom is -0.491 e. The molecule has 41 heavy (non-hydrogen) atoms. The fourth-order valence-electron chi connectivity index (χ4n) is 5.08. The first-order valence-electron chi connectivity index (χ1n) is 13.8.